The maximum Gasteiger partial charge on any atom is 0.260 e. The number of nitrogens with zero attached hydrogens (tertiary/aromatic N) is 2. The van der Waals surface area contributed by atoms with Crippen molar-refractivity contribution in [1.82, 2.24) is 10.1 Å². The van der Waals surface area contributed by atoms with E-state index in [2.05, 4.69) is 5.16 Å². The lowest BCUT2D eigenvalue weighted by Crippen LogP contribution is -2.42. The van der Waals surface area contributed by atoms with E-state index in [4.69, 9.17) is 25.6 Å². The lowest BCUT2D eigenvalue weighted by molar-refractivity contribution is -0.137. The minimum atomic E-state index is -0.0303. The van der Waals surface area contributed by atoms with Crippen molar-refractivity contribution in [3.05, 3.63) is 59.1 Å². The summed E-state index contributed by atoms with van der Waals surface area (Å²) in [5.74, 6) is 1.32. The van der Waals surface area contributed by atoms with E-state index in [1.807, 2.05) is 55.5 Å². The highest BCUT2D eigenvalue weighted by molar-refractivity contribution is 6.30. The van der Waals surface area contributed by atoms with Crippen molar-refractivity contribution in [2.75, 3.05) is 32.9 Å². The van der Waals surface area contributed by atoms with E-state index in [-0.39, 0.29) is 12.5 Å². The monoisotopic (exact) mass is 412 g/mol. The van der Waals surface area contributed by atoms with Crippen LogP contribution in [0, 0.1) is 6.92 Å². The summed E-state index contributed by atoms with van der Waals surface area (Å²) in [5, 5.41) is 4.90. The molecule has 1 aromatic heterocycles. The van der Waals surface area contributed by atoms with Gasteiger partial charge in [0.15, 0.2) is 12.4 Å². The SMILES string of the molecule is Cc1c(-c2ccc(OCC(=O)N3CCOCC3)cc2)noc1-c1ccc(Cl)cc1. The third kappa shape index (κ3) is 4.44. The van der Waals surface area contributed by atoms with E-state index in [1.54, 1.807) is 4.90 Å². The summed E-state index contributed by atoms with van der Waals surface area (Å²) in [5.41, 5.74) is 3.56. The molecular formula is C22H21ClN2O4. The Labute approximate surface area is 174 Å². The number of rotatable bonds is 5. The van der Waals surface area contributed by atoms with Crippen LogP contribution in [-0.4, -0.2) is 48.9 Å². The second-order valence-electron chi connectivity index (χ2n) is 6.80. The number of aromatic nitrogens is 1. The van der Waals surface area contributed by atoms with Gasteiger partial charge in [0.2, 0.25) is 0 Å². The molecule has 4 rings (SSSR count). The first-order chi connectivity index (χ1) is 14.1. The highest BCUT2D eigenvalue weighted by atomic mass is 35.5. The van der Waals surface area contributed by atoms with E-state index in [1.165, 1.54) is 0 Å². The Morgan fingerprint density at radius 2 is 1.72 bits per heavy atom. The average molecular weight is 413 g/mol. The first-order valence-corrected chi connectivity index (χ1v) is 9.80. The first-order valence-electron chi connectivity index (χ1n) is 9.43. The Morgan fingerprint density at radius 1 is 1.07 bits per heavy atom. The lowest BCUT2D eigenvalue weighted by Gasteiger charge is -2.26. The van der Waals surface area contributed by atoms with E-state index >= 15 is 0 Å². The van der Waals surface area contributed by atoms with Crippen LogP contribution in [0.5, 0.6) is 5.75 Å². The summed E-state index contributed by atoms with van der Waals surface area (Å²) in [4.78, 5) is 13.9. The number of hydrogen-bond donors (Lipinski definition) is 0. The molecule has 0 aliphatic carbocycles. The highest BCUT2D eigenvalue weighted by Crippen LogP contribution is 2.32. The van der Waals surface area contributed by atoms with Gasteiger partial charge in [0.1, 0.15) is 11.4 Å². The fraction of sp³-hybridized carbons (Fsp3) is 0.273. The number of hydrogen-bond acceptors (Lipinski definition) is 5. The zero-order valence-corrected chi connectivity index (χ0v) is 16.8. The second-order valence-corrected chi connectivity index (χ2v) is 7.23. The Bertz CT molecular complexity index is 977. The molecule has 29 heavy (non-hydrogen) atoms. The van der Waals surface area contributed by atoms with E-state index in [0.29, 0.717) is 42.8 Å². The standard InChI is InChI=1S/C22H21ClN2O4/c1-15-21(24-29-22(15)17-2-6-18(23)7-3-17)16-4-8-19(9-5-16)28-14-20(26)25-10-12-27-13-11-25/h2-9H,10-14H2,1H3. The topological polar surface area (TPSA) is 64.8 Å². The van der Waals surface area contributed by atoms with Crippen LogP contribution in [-0.2, 0) is 9.53 Å². The Balaban J connectivity index is 1.43. The molecular weight excluding hydrogens is 392 g/mol. The van der Waals surface area contributed by atoms with Gasteiger partial charge in [-0.15, -0.1) is 0 Å². The van der Waals surface area contributed by atoms with E-state index in [0.717, 1.165) is 22.4 Å². The molecule has 2 aromatic carbocycles. The number of morpholine rings is 1. The third-order valence-electron chi connectivity index (χ3n) is 4.88. The summed E-state index contributed by atoms with van der Waals surface area (Å²) in [7, 11) is 0. The van der Waals surface area contributed by atoms with Gasteiger partial charge in [-0.1, -0.05) is 16.8 Å². The van der Waals surface area contributed by atoms with Gasteiger partial charge in [0.25, 0.3) is 5.91 Å². The Kier molecular flexibility index (Phi) is 5.83. The van der Waals surface area contributed by atoms with Crippen molar-refractivity contribution >= 4 is 17.5 Å². The smallest absolute Gasteiger partial charge is 0.260 e. The van der Waals surface area contributed by atoms with Gasteiger partial charge in [0, 0.05) is 34.8 Å². The average Bonchev–Trinajstić information content (AvgIpc) is 3.15. The molecule has 6 nitrogen and oxygen atoms in total. The van der Waals surface area contributed by atoms with Gasteiger partial charge < -0.3 is 18.9 Å². The summed E-state index contributed by atoms with van der Waals surface area (Å²) in [6.45, 7) is 4.38. The van der Waals surface area contributed by atoms with Gasteiger partial charge in [-0.05, 0) is 55.5 Å². The molecule has 3 aromatic rings. The normalized spacial score (nSPS) is 14.1. The van der Waals surface area contributed by atoms with Crippen molar-refractivity contribution in [2.45, 2.75) is 6.92 Å². The minimum absolute atomic E-state index is 0.0169. The van der Waals surface area contributed by atoms with E-state index in [9.17, 15) is 4.79 Å². The molecule has 1 saturated heterocycles. The molecule has 150 valence electrons. The zero-order valence-electron chi connectivity index (χ0n) is 16.1. The number of ether oxygens (including phenoxy) is 2. The van der Waals surface area contributed by atoms with Gasteiger partial charge in [-0.2, -0.15) is 0 Å². The van der Waals surface area contributed by atoms with Crippen LogP contribution in [0.25, 0.3) is 22.6 Å². The number of amides is 1. The molecule has 0 saturated carbocycles. The van der Waals surface area contributed by atoms with E-state index < -0.39 is 0 Å². The van der Waals surface area contributed by atoms with Gasteiger partial charge in [-0.25, -0.2) is 0 Å². The van der Waals surface area contributed by atoms with Crippen molar-refractivity contribution in [1.29, 1.82) is 0 Å². The van der Waals surface area contributed by atoms with Crippen LogP contribution in [0.3, 0.4) is 0 Å². The van der Waals surface area contributed by atoms with Gasteiger partial charge in [0.05, 0.1) is 13.2 Å². The van der Waals surface area contributed by atoms with Gasteiger partial charge in [-0.3, -0.25) is 4.79 Å². The Morgan fingerprint density at radius 3 is 2.41 bits per heavy atom. The molecule has 0 unspecified atom stereocenters. The molecule has 0 spiro atoms. The quantitative estimate of drug-likeness (QED) is 0.628. The highest BCUT2D eigenvalue weighted by Gasteiger charge is 2.18. The van der Waals surface area contributed by atoms with Gasteiger partial charge >= 0.3 is 0 Å². The van der Waals surface area contributed by atoms with Crippen LogP contribution in [0.4, 0.5) is 0 Å². The number of carbonyl (C=O) groups is 1. The number of halogens is 1. The van der Waals surface area contributed by atoms with Crippen LogP contribution >= 0.6 is 11.6 Å². The maximum atomic E-state index is 12.2. The first kappa shape index (κ1) is 19.5. The second kappa shape index (κ2) is 8.68. The third-order valence-corrected chi connectivity index (χ3v) is 5.14. The van der Waals surface area contributed by atoms with Crippen molar-refractivity contribution in [3.63, 3.8) is 0 Å². The molecule has 1 fully saturated rings. The minimum Gasteiger partial charge on any atom is -0.484 e. The molecule has 0 atom stereocenters. The van der Waals surface area contributed by atoms with Crippen LogP contribution in [0.2, 0.25) is 5.02 Å². The largest absolute Gasteiger partial charge is 0.484 e. The summed E-state index contributed by atoms with van der Waals surface area (Å²) >= 11 is 5.96. The van der Waals surface area contributed by atoms with Crippen molar-refractivity contribution < 1.29 is 18.8 Å². The lowest BCUT2D eigenvalue weighted by atomic mass is 10.0. The summed E-state index contributed by atoms with van der Waals surface area (Å²) < 4.78 is 16.5. The van der Waals surface area contributed by atoms with Crippen molar-refractivity contribution in [3.8, 4) is 28.3 Å². The predicted molar refractivity (Wildman–Crippen MR) is 110 cm³/mol. The summed E-state index contributed by atoms with van der Waals surface area (Å²) in [6, 6.07) is 14.9. The number of carbonyl (C=O) groups excluding carboxylic acids is 1. The van der Waals surface area contributed by atoms with Crippen LogP contribution < -0.4 is 4.74 Å². The van der Waals surface area contributed by atoms with Crippen LogP contribution in [0.15, 0.2) is 53.1 Å². The molecule has 0 radical (unpaired) electrons. The molecule has 0 bridgehead atoms. The van der Waals surface area contributed by atoms with Crippen molar-refractivity contribution in [2.24, 2.45) is 0 Å². The fourth-order valence-electron chi connectivity index (χ4n) is 3.23. The molecule has 1 aliphatic heterocycles. The molecule has 0 N–H and O–H groups in total. The molecule has 7 heteroatoms. The molecule has 2 heterocycles. The Hall–Kier alpha value is -2.83. The fourth-order valence-corrected chi connectivity index (χ4v) is 3.36. The number of benzene rings is 2. The van der Waals surface area contributed by atoms with Crippen LogP contribution in [0.1, 0.15) is 5.56 Å². The summed E-state index contributed by atoms with van der Waals surface area (Å²) in [6.07, 6.45) is 0. The molecule has 1 amide bonds. The predicted octanol–water partition coefficient (Wildman–Crippen LogP) is 4.21. The molecule has 1 aliphatic rings. The zero-order chi connectivity index (χ0) is 20.2. The maximum absolute atomic E-state index is 12.2.